The van der Waals surface area contributed by atoms with E-state index in [1.165, 1.54) is 40.6 Å². The van der Waals surface area contributed by atoms with E-state index in [0.29, 0.717) is 24.6 Å². The molecule has 0 amide bonds. The van der Waals surface area contributed by atoms with Crippen LogP contribution in [0.3, 0.4) is 0 Å². The molecule has 0 spiro atoms. The molecule has 0 aliphatic carbocycles. The van der Waals surface area contributed by atoms with Crippen LogP contribution in [0.4, 0.5) is 5.69 Å². The standard InChI is InChI=1S/C25H33N5O/c1-16(2)23-19-10-13-30(24-17(3)7-8-21-20(24)9-11-26-21)14-22(19)27-25(28-23)31-15-18-6-5-12-29(18)4/h7-9,11,16,18,26H,5-6,10,12-15H2,1-4H3. The summed E-state index contributed by atoms with van der Waals surface area (Å²) in [4.78, 5) is 18.0. The van der Waals surface area contributed by atoms with Gasteiger partial charge in [-0.15, -0.1) is 0 Å². The third kappa shape index (κ3) is 3.78. The molecule has 6 heteroatoms. The van der Waals surface area contributed by atoms with Crippen LogP contribution >= 0.6 is 0 Å². The summed E-state index contributed by atoms with van der Waals surface area (Å²) >= 11 is 0. The number of aromatic amines is 1. The zero-order valence-electron chi connectivity index (χ0n) is 19.1. The Hall–Kier alpha value is -2.60. The molecule has 1 aromatic carbocycles. The van der Waals surface area contributed by atoms with Crippen LogP contribution in [0.25, 0.3) is 10.9 Å². The fraction of sp³-hybridized carbons (Fsp3) is 0.520. The van der Waals surface area contributed by atoms with E-state index in [4.69, 9.17) is 14.7 Å². The Kier molecular flexibility index (Phi) is 5.34. The van der Waals surface area contributed by atoms with E-state index in [9.17, 15) is 0 Å². The van der Waals surface area contributed by atoms with Gasteiger partial charge < -0.3 is 19.5 Å². The molecule has 2 aliphatic rings. The fourth-order valence-corrected chi connectivity index (χ4v) is 5.18. The first-order valence-corrected chi connectivity index (χ1v) is 11.6. The zero-order chi connectivity index (χ0) is 21.5. The number of H-pyrrole nitrogens is 1. The molecule has 1 unspecified atom stereocenters. The minimum absolute atomic E-state index is 0.356. The highest BCUT2D eigenvalue weighted by Crippen LogP contribution is 2.35. The van der Waals surface area contributed by atoms with Crippen molar-refractivity contribution in [3.8, 4) is 6.01 Å². The van der Waals surface area contributed by atoms with Crippen LogP contribution in [0.1, 0.15) is 55.1 Å². The van der Waals surface area contributed by atoms with Crippen LogP contribution in [-0.2, 0) is 13.0 Å². The van der Waals surface area contributed by atoms with Crippen molar-refractivity contribution in [2.24, 2.45) is 0 Å². The van der Waals surface area contributed by atoms with Crippen molar-refractivity contribution in [1.82, 2.24) is 19.9 Å². The van der Waals surface area contributed by atoms with E-state index in [1.54, 1.807) is 0 Å². The van der Waals surface area contributed by atoms with Gasteiger partial charge in [-0.2, -0.15) is 9.97 Å². The lowest BCUT2D eigenvalue weighted by molar-refractivity contribution is 0.186. The van der Waals surface area contributed by atoms with E-state index in [0.717, 1.165) is 37.4 Å². The largest absolute Gasteiger partial charge is 0.462 e. The molecule has 0 bridgehead atoms. The Balaban J connectivity index is 1.45. The molecular formula is C25H33N5O. The van der Waals surface area contributed by atoms with E-state index in [1.807, 2.05) is 6.20 Å². The second-order valence-electron chi connectivity index (χ2n) is 9.40. The molecule has 3 aromatic rings. The number of ether oxygens (including phenoxy) is 1. The normalized spacial score (nSPS) is 19.4. The molecule has 5 rings (SSSR count). The van der Waals surface area contributed by atoms with Gasteiger partial charge in [0, 0.05) is 35.4 Å². The maximum Gasteiger partial charge on any atom is 0.316 e. The highest BCUT2D eigenvalue weighted by atomic mass is 16.5. The Labute approximate surface area is 184 Å². The third-order valence-electron chi connectivity index (χ3n) is 6.92. The lowest BCUT2D eigenvalue weighted by Crippen LogP contribution is -2.34. The molecule has 1 atom stereocenters. The summed E-state index contributed by atoms with van der Waals surface area (Å²) in [5.74, 6) is 0.356. The first-order valence-electron chi connectivity index (χ1n) is 11.6. The van der Waals surface area contributed by atoms with Gasteiger partial charge in [0.15, 0.2) is 0 Å². The molecule has 1 saturated heterocycles. The van der Waals surface area contributed by atoms with Gasteiger partial charge in [-0.1, -0.05) is 19.9 Å². The summed E-state index contributed by atoms with van der Waals surface area (Å²) in [5, 5.41) is 1.28. The van der Waals surface area contributed by atoms with Crippen molar-refractivity contribution < 1.29 is 4.74 Å². The third-order valence-corrected chi connectivity index (χ3v) is 6.92. The van der Waals surface area contributed by atoms with Crippen LogP contribution in [-0.4, -0.2) is 52.6 Å². The lowest BCUT2D eigenvalue weighted by Gasteiger charge is -2.33. The highest BCUT2D eigenvalue weighted by Gasteiger charge is 2.27. The number of nitrogens with one attached hydrogen (secondary N) is 1. The molecule has 2 aromatic heterocycles. The number of aromatic nitrogens is 3. The van der Waals surface area contributed by atoms with Crippen molar-refractivity contribution in [3.05, 3.63) is 46.9 Å². The summed E-state index contributed by atoms with van der Waals surface area (Å²) in [6.45, 7) is 10.2. The Bertz CT molecular complexity index is 1090. The second-order valence-corrected chi connectivity index (χ2v) is 9.40. The SMILES string of the molecule is Cc1ccc2[nH]ccc2c1N1CCc2c(nc(OCC3CCCN3C)nc2C(C)C)C1. The number of aryl methyl sites for hydroxylation is 1. The van der Waals surface area contributed by atoms with Gasteiger partial charge in [0.2, 0.25) is 0 Å². The first kappa shape index (κ1) is 20.3. The molecule has 164 valence electrons. The van der Waals surface area contributed by atoms with E-state index >= 15 is 0 Å². The predicted molar refractivity (Wildman–Crippen MR) is 125 cm³/mol. The molecule has 2 aliphatic heterocycles. The maximum absolute atomic E-state index is 6.15. The summed E-state index contributed by atoms with van der Waals surface area (Å²) < 4.78 is 6.15. The van der Waals surface area contributed by atoms with Crippen molar-refractivity contribution in [2.75, 3.05) is 31.6 Å². The Morgan fingerprint density at radius 3 is 2.84 bits per heavy atom. The zero-order valence-corrected chi connectivity index (χ0v) is 19.1. The Morgan fingerprint density at radius 2 is 2.06 bits per heavy atom. The number of hydrogen-bond donors (Lipinski definition) is 1. The number of fused-ring (bicyclic) bond motifs is 2. The second kappa shape index (κ2) is 8.15. The smallest absolute Gasteiger partial charge is 0.316 e. The minimum Gasteiger partial charge on any atom is -0.462 e. The molecule has 31 heavy (non-hydrogen) atoms. The number of rotatable bonds is 5. The molecule has 1 N–H and O–H groups in total. The number of benzene rings is 1. The van der Waals surface area contributed by atoms with E-state index in [2.05, 4.69) is 60.8 Å². The molecular weight excluding hydrogens is 386 g/mol. The number of anilines is 1. The van der Waals surface area contributed by atoms with Crippen LogP contribution < -0.4 is 9.64 Å². The molecule has 0 saturated carbocycles. The summed E-state index contributed by atoms with van der Waals surface area (Å²) in [7, 11) is 2.18. The monoisotopic (exact) mass is 419 g/mol. The number of likely N-dealkylation sites (N-methyl/N-ethyl adjacent to an activating group) is 1. The lowest BCUT2D eigenvalue weighted by atomic mass is 9.96. The van der Waals surface area contributed by atoms with Crippen LogP contribution in [0, 0.1) is 6.92 Å². The Morgan fingerprint density at radius 1 is 1.19 bits per heavy atom. The summed E-state index contributed by atoms with van der Waals surface area (Å²) in [5.41, 5.74) is 7.37. The van der Waals surface area contributed by atoms with E-state index in [-0.39, 0.29) is 0 Å². The molecule has 6 nitrogen and oxygen atoms in total. The van der Waals surface area contributed by atoms with Crippen LogP contribution in [0.15, 0.2) is 24.4 Å². The molecule has 1 fully saturated rings. The highest BCUT2D eigenvalue weighted by molar-refractivity contribution is 5.94. The average Bonchev–Trinajstić information content (AvgIpc) is 3.39. The topological polar surface area (TPSA) is 57.3 Å². The quantitative estimate of drug-likeness (QED) is 0.663. The molecule has 4 heterocycles. The van der Waals surface area contributed by atoms with Gasteiger partial charge >= 0.3 is 6.01 Å². The van der Waals surface area contributed by atoms with Gasteiger partial charge in [0.05, 0.1) is 17.9 Å². The first-order chi connectivity index (χ1) is 15.0. The van der Waals surface area contributed by atoms with Crippen molar-refractivity contribution >= 4 is 16.6 Å². The fourth-order valence-electron chi connectivity index (χ4n) is 5.18. The van der Waals surface area contributed by atoms with Gasteiger partial charge in [0.25, 0.3) is 0 Å². The van der Waals surface area contributed by atoms with Crippen LogP contribution in [0.5, 0.6) is 6.01 Å². The van der Waals surface area contributed by atoms with E-state index < -0.39 is 0 Å². The van der Waals surface area contributed by atoms with Gasteiger partial charge in [0.1, 0.15) is 6.61 Å². The average molecular weight is 420 g/mol. The summed E-state index contributed by atoms with van der Waals surface area (Å²) in [6.07, 6.45) is 5.42. The number of hydrogen-bond acceptors (Lipinski definition) is 5. The predicted octanol–water partition coefficient (Wildman–Crippen LogP) is 4.43. The van der Waals surface area contributed by atoms with Crippen molar-refractivity contribution in [3.63, 3.8) is 0 Å². The number of likely N-dealkylation sites (tertiary alicyclic amines) is 1. The maximum atomic E-state index is 6.15. The van der Waals surface area contributed by atoms with Crippen molar-refractivity contribution in [1.29, 1.82) is 0 Å². The number of nitrogens with zero attached hydrogens (tertiary/aromatic N) is 4. The molecule has 0 radical (unpaired) electrons. The summed E-state index contributed by atoms with van der Waals surface area (Å²) in [6, 6.07) is 7.56. The minimum atomic E-state index is 0.356. The van der Waals surface area contributed by atoms with Gasteiger partial charge in [-0.25, -0.2) is 0 Å². The van der Waals surface area contributed by atoms with Gasteiger partial charge in [-0.3, -0.25) is 0 Å². The van der Waals surface area contributed by atoms with Crippen molar-refractivity contribution in [2.45, 2.75) is 58.5 Å². The van der Waals surface area contributed by atoms with Crippen LogP contribution in [0.2, 0.25) is 0 Å². The van der Waals surface area contributed by atoms with Gasteiger partial charge in [-0.05, 0) is 69.0 Å².